The van der Waals surface area contributed by atoms with E-state index in [1.165, 1.54) is 43.6 Å². The first-order chi connectivity index (χ1) is 9.93. The topological polar surface area (TPSA) is 54.2 Å². The van der Waals surface area contributed by atoms with Gasteiger partial charge in [-0.05, 0) is 24.5 Å². The highest BCUT2D eigenvalue weighted by atomic mass is 16.5. The SMILES string of the molecule is c1ccc(N2CCCC2)c(CNCCc2ncon2)c1. The Morgan fingerprint density at radius 3 is 2.85 bits per heavy atom. The van der Waals surface area contributed by atoms with E-state index >= 15 is 0 Å². The fourth-order valence-corrected chi connectivity index (χ4v) is 2.65. The Labute approximate surface area is 119 Å². The number of anilines is 1. The molecule has 20 heavy (non-hydrogen) atoms. The molecule has 0 atom stereocenters. The molecule has 0 aliphatic carbocycles. The van der Waals surface area contributed by atoms with Gasteiger partial charge < -0.3 is 14.7 Å². The van der Waals surface area contributed by atoms with Gasteiger partial charge in [0, 0.05) is 38.3 Å². The summed E-state index contributed by atoms with van der Waals surface area (Å²) in [5.41, 5.74) is 2.74. The number of nitrogens with zero attached hydrogens (tertiary/aromatic N) is 3. The molecule has 1 fully saturated rings. The molecule has 1 N–H and O–H groups in total. The number of benzene rings is 1. The van der Waals surface area contributed by atoms with Gasteiger partial charge >= 0.3 is 0 Å². The molecule has 0 spiro atoms. The fraction of sp³-hybridized carbons (Fsp3) is 0.467. The van der Waals surface area contributed by atoms with Crippen molar-refractivity contribution in [2.75, 3.05) is 24.5 Å². The van der Waals surface area contributed by atoms with Gasteiger partial charge in [-0.25, -0.2) is 0 Å². The monoisotopic (exact) mass is 272 g/mol. The van der Waals surface area contributed by atoms with Crippen molar-refractivity contribution in [2.24, 2.45) is 0 Å². The van der Waals surface area contributed by atoms with Crippen LogP contribution in [0.1, 0.15) is 24.2 Å². The Kier molecular flexibility index (Phi) is 4.28. The number of para-hydroxylation sites is 1. The highest BCUT2D eigenvalue weighted by Crippen LogP contribution is 2.24. The summed E-state index contributed by atoms with van der Waals surface area (Å²) in [5.74, 6) is 0.755. The van der Waals surface area contributed by atoms with Crippen LogP contribution in [0, 0.1) is 0 Å². The van der Waals surface area contributed by atoms with Gasteiger partial charge in [0.15, 0.2) is 5.82 Å². The van der Waals surface area contributed by atoms with E-state index in [4.69, 9.17) is 4.52 Å². The highest BCUT2D eigenvalue weighted by molar-refractivity contribution is 5.54. The maximum Gasteiger partial charge on any atom is 0.213 e. The summed E-state index contributed by atoms with van der Waals surface area (Å²) in [6, 6.07) is 8.66. The molecule has 1 aliphatic heterocycles. The van der Waals surface area contributed by atoms with Crippen LogP contribution in [-0.2, 0) is 13.0 Å². The van der Waals surface area contributed by atoms with Crippen molar-refractivity contribution in [3.05, 3.63) is 42.0 Å². The minimum absolute atomic E-state index is 0.755. The minimum atomic E-state index is 0.755. The molecule has 2 aromatic rings. The summed E-state index contributed by atoms with van der Waals surface area (Å²) in [5, 5.41) is 7.26. The van der Waals surface area contributed by atoms with Crippen molar-refractivity contribution in [1.29, 1.82) is 0 Å². The summed E-state index contributed by atoms with van der Waals surface area (Å²) in [7, 11) is 0. The lowest BCUT2D eigenvalue weighted by Crippen LogP contribution is -2.22. The molecular weight excluding hydrogens is 252 g/mol. The lowest BCUT2D eigenvalue weighted by molar-refractivity contribution is 0.409. The molecule has 1 saturated heterocycles. The van der Waals surface area contributed by atoms with Gasteiger partial charge in [0.05, 0.1) is 0 Å². The Balaban J connectivity index is 1.54. The Morgan fingerprint density at radius 1 is 1.20 bits per heavy atom. The predicted molar refractivity (Wildman–Crippen MR) is 77.6 cm³/mol. The Hall–Kier alpha value is -1.88. The molecule has 0 unspecified atom stereocenters. The average molecular weight is 272 g/mol. The van der Waals surface area contributed by atoms with Crippen molar-refractivity contribution in [3.8, 4) is 0 Å². The number of hydrogen-bond donors (Lipinski definition) is 1. The van der Waals surface area contributed by atoms with E-state index in [1.54, 1.807) is 0 Å². The van der Waals surface area contributed by atoms with Crippen molar-refractivity contribution in [3.63, 3.8) is 0 Å². The van der Waals surface area contributed by atoms with Crippen LogP contribution in [0.2, 0.25) is 0 Å². The van der Waals surface area contributed by atoms with E-state index in [0.29, 0.717) is 0 Å². The fourth-order valence-electron chi connectivity index (χ4n) is 2.65. The van der Waals surface area contributed by atoms with Crippen LogP contribution in [-0.4, -0.2) is 29.8 Å². The van der Waals surface area contributed by atoms with Crippen LogP contribution in [0.5, 0.6) is 0 Å². The molecule has 3 rings (SSSR count). The molecule has 106 valence electrons. The van der Waals surface area contributed by atoms with Gasteiger partial charge in [0.2, 0.25) is 6.39 Å². The van der Waals surface area contributed by atoms with Gasteiger partial charge in [-0.3, -0.25) is 0 Å². The van der Waals surface area contributed by atoms with Crippen LogP contribution in [0.3, 0.4) is 0 Å². The molecular formula is C15H20N4O. The van der Waals surface area contributed by atoms with E-state index < -0.39 is 0 Å². The van der Waals surface area contributed by atoms with E-state index in [9.17, 15) is 0 Å². The van der Waals surface area contributed by atoms with Crippen molar-refractivity contribution in [2.45, 2.75) is 25.8 Å². The standard InChI is InChI=1S/C15H20N4O/c1-2-6-14(19-9-3-4-10-19)13(5-1)11-16-8-7-15-17-12-20-18-15/h1-2,5-6,12,16H,3-4,7-11H2. The number of aromatic nitrogens is 2. The quantitative estimate of drug-likeness (QED) is 0.815. The molecule has 0 amide bonds. The molecule has 0 bridgehead atoms. The predicted octanol–water partition coefficient (Wildman–Crippen LogP) is 2.00. The lowest BCUT2D eigenvalue weighted by atomic mass is 10.1. The third-order valence-corrected chi connectivity index (χ3v) is 3.69. The van der Waals surface area contributed by atoms with E-state index in [1.807, 2.05) is 0 Å². The third kappa shape index (κ3) is 3.17. The summed E-state index contributed by atoms with van der Waals surface area (Å²) >= 11 is 0. The molecule has 5 nitrogen and oxygen atoms in total. The highest BCUT2D eigenvalue weighted by Gasteiger charge is 2.14. The lowest BCUT2D eigenvalue weighted by Gasteiger charge is -2.21. The maximum atomic E-state index is 4.72. The number of nitrogens with one attached hydrogen (secondary N) is 1. The minimum Gasteiger partial charge on any atom is -0.371 e. The summed E-state index contributed by atoms with van der Waals surface area (Å²) in [6.07, 6.45) is 4.78. The van der Waals surface area contributed by atoms with Crippen LogP contribution >= 0.6 is 0 Å². The molecule has 1 aromatic heterocycles. The van der Waals surface area contributed by atoms with Crippen molar-refractivity contribution >= 4 is 5.69 Å². The number of rotatable bonds is 6. The second kappa shape index (κ2) is 6.52. The molecule has 1 aromatic carbocycles. The van der Waals surface area contributed by atoms with E-state index in [-0.39, 0.29) is 0 Å². The molecule has 2 heterocycles. The van der Waals surface area contributed by atoms with Crippen LogP contribution in [0.15, 0.2) is 35.2 Å². The van der Waals surface area contributed by atoms with Gasteiger partial charge in [-0.1, -0.05) is 23.4 Å². The Morgan fingerprint density at radius 2 is 2.05 bits per heavy atom. The third-order valence-electron chi connectivity index (χ3n) is 3.69. The van der Waals surface area contributed by atoms with E-state index in [0.717, 1.165) is 25.3 Å². The van der Waals surface area contributed by atoms with E-state index in [2.05, 4.69) is 44.6 Å². The zero-order chi connectivity index (χ0) is 13.6. The smallest absolute Gasteiger partial charge is 0.213 e. The van der Waals surface area contributed by atoms with Gasteiger partial charge in [0.1, 0.15) is 0 Å². The first kappa shape index (κ1) is 13.1. The molecule has 5 heteroatoms. The van der Waals surface area contributed by atoms with Gasteiger partial charge in [0.25, 0.3) is 0 Å². The second-order valence-corrected chi connectivity index (χ2v) is 5.10. The Bertz CT molecular complexity index is 520. The molecule has 0 radical (unpaired) electrons. The van der Waals surface area contributed by atoms with Crippen molar-refractivity contribution in [1.82, 2.24) is 15.5 Å². The zero-order valence-electron chi connectivity index (χ0n) is 11.6. The first-order valence-corrected chi connectivity index (χ1v) is 7.22. The second-order valence-electron chi connectivity index (χ2n) is 5.10. The average Bonchev–Trinajstić information content (AvgIpc) is 3.17. The van der Waals surface area contributed by atoms with Gasteiger partial charge in [-0.2, -0.15) is 4.98 Å². The zero-order valence-corrected chi connectivity index (χ0v) is 11.6. The summed E-state index contributed by atoms with van der Waals surface area (Å²) < 4.78 is 4.72. The maximum absolute atomic E-state index is 4.72. The van der Waals surface area contributed by atoms with Gasteiger partial charge in [-0.15, -0.1) is 0 Å². The number of hydrogen-bond acceptors (Lipinski definition) is 5. The first-order valence-electron chi connectivity index (χ1n) is 7.22. The normalized spacial score (nSPS) is 14.9. The molecule has 0 saturated carbocycles. The van der Waals surface area contributed by atoms with Crippen LogP contribution in [0.4, 0.5) is 5.69 Å². The van der Waals surface area contributed by atoms with Crippen LogP contribution in [0.25, 0.3) is 0 Å². The summed E-state index contributed by atoms with van der Waals surface area (Å²) in [4.78, 5) is 6.50. The summed E-state index contributed by atoms with van der Waals surface area (Å²) in [6.45, 7) is 4.10. The van der Waals surface area contributed by atoms with Crippen molar-refractivity contribution < 1.29 is 4.52 Å². The molecule has 1 aliphatic rings. The largest absolute Gasteiger partial charge is 0.371 e. The van der Waals surface area contributed by atoms with Crippen LogP contribution < -0.4 is 10.2 Å².